The number of carbonyl (C=O) groups excluding carboxylic acids is 2. The maximum absolute atomic E-state index is 12.0. The van der Waals surface area contributed by atoms with Gasteiger partial charge in [0, 0.05) is 28.4 Å². The summed E-state index contributed by atoms with van der Waals surface area (Å²) in [5.41, 5.74) is 1.19. The predicted molar refractivity (Wildman–Crippen MR) is 90.2 cm³/mol. The maximum atomic E-state index is 12.0. The normalized spacial score (nSPS) is 10.1. The van der Waals surface area contributed by atoms with Crippen LogP contribution in [0.2, 0.25) is 5.02 Å². The molecule has 0 heterocycles. The second kappa shape index (κ2) is 7.56. The highest BCUT2D eigenvalue weighted by Gasteiger charge is 2.13. The molecule has 0 saturated carbocycles. The lowest BCUT2D eigenvalue weighted by molar-refractivity contribution is -0.384. The monoisotopic (exact) mass is 347 g/mol. The van der Waals surface area contributed by atoms with Crippen molar-refractivity contribution in [2.24, 2.45) is 0 Å². The van der Waals surface area contributed by atoms with E-state index in [4.69, 9.17) is 11.6 Å². The molecule has 0 aliphatic rings. The molecule has 0 bridgehead atoms. The Bertz CT molecular complexity index is 808. The summed E-state index contributed by atoms with van der Waals surface area (Å²) >= 11 is 5.97. The summed E-state index contributed by atoms with van der Waals surface area (Å²) in [6.45, 7) is 1.49. The molecule has 0 aliphatic carbocycles. The summed E-state index contributed by atoms with van der Waals surface area (Å²) < 4.78 is 0. The summed E-state index contributed by atoms with van der Waals surface area (Å²) in [5.74, 6) is -1.00. The quantitative estimate of drug-likeness (QED) is 0.641. The van der Waals surface area contributed by atoms with Crippen LogP contribution in [0.15, 0.2) is 42.5 Å². The van der Waals surface area contributed by atoms with Crippen LogP contribution in [0.4, 0.5) is 11.4 Å². The van der Waals surface area contributed by atoms with Crippen molar-refractivity contribution in [1.29, 1.82) is 0 Å². The van der Waals surface area contributed by atoms with Crippen molar-refractivity contribution in [3.8, 4) is 0 Å². The average Bonchev–Trinajstić information content (AvgIpc) is 2.57. The van der Waals surface area contributed by atoms with Gasteiger partial charge in [-0.15, -0.1) is 0 Å². The van der Waals surface area contributed by atoms with Crippen molar-refractivity contribution in [2.75, 3.05) is 11.9 Å². The highest BCUT2D eigenvalue weighted by atomic mass is 35.5. The average molecular weight is 348 g/mol. The van der Waals surface area contributed by atoms with Crippen LogP contribution >= 0.6 is 11.6 Å². The lowest BCUT2D eigenvalue weighted by atomic mass is 10.2. The van der Waals surface area contributed by atoms with Gasteiger partial charge in [0.2, 0.25) is 5.91 Å². The van der Waals surface area contributed by atoms with Gasteiger partial charge in [0.05, 0.1) is 11.5 Å². The van der Waals surface area contributed by atoms with Crippen LogP contribution in [0.25, 0.3) is 0 Å². The molecular formula is C16H14ClN3O4. The molecule has 0 unspecified atom stereocenters. The van der Waals surface area contributed by atoms with E-state index in [1.54, 1.807) is 25.1 Å². The first-order chi connectivity index (χ1) is 11.4. The van der Waals surface area contributed by atoms with Gasteiger partial charge in [0.1, 0.15) is 0 Å². The predicted octanol–water partition coefficient (Wildman–Crippen LogP) is 2.93. The molecule has 0 fully saturated rings. The number of anilines is 1. The largest absolute Gasteiger partial charge is 0.343 e. The van der Waals surface area contributed by atoms with Gasteiger partial charge in [0.15, 0.2) is 0 Å². The second-order valence-electron chi connectivity index (χ2n) is 4.95. The van der Waals surface area contributed by atoms with E-state index in [-0.39, 0.29) is 17.8 Å². The van der Waals surface area contributed by atoms with Crippen LogP contribution < -0.4 is 10.6 Å². The molecule has 0 atom stereocenters. The van der Waals surface area contributed by atoms with Crippen molar-refractivity contribution in [3.05, 3.63) is 68.7 Å². The minimum absolute atomic E-state index is 0.107. The number of nitrogens with one attached hydrogen (secondary N) is 2. The van der Waals surface area contributed by atoms with E-state index >= 15 is 0 Å². The van der Waals surface area contributed by atoms with Crippen molar-refractivity contribution in [2.45, 2.75) is 6.92 Å². The van der Waals surface area contributed by atoms with E-state index in [1.165, 1.54) is 18.2 Å². The van der Waals surface area contributed by atoms with Crippen LogP contribution in [0.5, 0.6) is 0 Å². The molecule has 124 valence electrons. The second-order valence-corrected chi connectivity index (χ2v) is 5.36. The topological polar surface area (TPSA) is 101 Å². The van der Waals surface area contributed by atoms with Crippen LogP contribution in [0, 0.1) is 17.0 Å². The fraction of sp³-hybridized carbons (Fsp3) is 0.125. The van der Waals surface area contributed by atoms with Gasteiger partial charge in [-0.05, 0) is 30.7 Å². The van der Waals surface area contributed by atoms with Crippen LogP contribution in [0.3, 0.4) is 0 Å². The smallest absolute Gasteiger partial charge is 0.270 e. The van der Waals surface area contributed by atoms with Crippen molar-refractivity contribution < 1.29 is 14.5 Å². The third-order valence-electron chi connectivity index (χ3n) is 3.27. The number of carbonyl (C=O) groups is 2. The Hall–Kier alpha value is -2.93. The minimum atomic E-state index is -0.592. The molecule has 0 radical (unpaired) electrons. The van der Waals surface area contributed by atoms with Crippen LogP contribution in [-0.4, -0.2) is 23.3 Å². The number of non-ortho nitro benzene ring substituents is 1. The number of benzene rings is 2. The third kappa shape index (κ3) is 4.30. The lowest BCUT2D eigenvalue weighted by Gasteiger charge is -2.10. The first-order valence-corrected chi connectivity index (χ1v) is 7.34. The summed E-state index contributed by atoms with van der Waals surface area (Å²) in [5, 5.41) is 16.3. The van der Waals surface area contributed by atoms with Crippen molar-refractivity contribution in [1.82, 2.24) is 5.32 Å². The highest BCUT2D eigenvalue weighted by molar-refractivity contribution is 6.31. The van der Waals surface area contributed by atoms with Gasteiger partial charge >= 0.3 is 0 Å². The zero-order chi connectivity index (χ0) is 17.7. The number of hydrogen-bond acceptors (Lipinski definition) is 4. The molecular weight excluding hydrogens is 334 g/mol. The zero-order valence-corrected chi connectivity index (χ0v) is 13.5. The zero-order valence-electron chi connectivity index (χ0n) is 12.7. The molecule has 8 heteroatoms. The van der Waals surface area contributed by atoms with E-state index in [9.17, 15) is 19.7 Å². The maximum Gasteiger partial charge on any atom is 0.270 e. The lowest BCUT2D eigenvalue weighted by Crippen LogP contribution is -2.33. The van der Waals surface area contributed by atoms with E-state index in [0.29, 0.717) is 10.7 Å². The SMILES string of the molecule is Cc1c(Cl)cccc1NC(=O)CNC(=O)c1cccc([N+](=O)[O-])c1. The van der Waals surface area contributed by atoms with Gasteiger partial charge in [-0.3, -0.25) is 19.7 Å². The molecule has 2 aromatic carbocycles. The van der Waals surface area contributed by atoms with Crippen LogP contribution in [-0.2, 0) is 4.79 Å². The van der Waals surface area contributed by atoms with Gasteiger partial charge < -0.3 is 10.6 Å². The molecule has 24 heavy (non-hydrogen) atoms. The molecule has 2 amide bonds. The third-order valence-corrected chi connectivity index (χ3v) is 3.68. The van der Waals surface area contributed by atoms with Gasteiger partial charge in [0.25, 0.3) is 11.6 Å². The Balaban J connectivity index is 1.96. The van der Waals surface area contributed by atoms with E-state index in [1.807, 2.05) is 0 Å². The van der Waals surface area contributed by atoms with E-state index < -0.39 is 16.7 Å². The highest BCUT2D eigenvalue weighted by Crippen LogP contribution is 2.22. The Morgan fingerprint density at radius 3 is 2.62 bits per heavy atom. The number of halogens is 1. The number of rotatable bonds is 5. The van der Waals surface area contributed by atoms with Gasteiger partial charge in [-0.25, -0.2) is 0 Å². The molecule has 2 rings (SSSR count). The molecule has 2 aromatic rings. The Morgan fingerprint density at radius 2 is 1.92 bits per heavy atom. The standard InChI is InChI=1S/C16H14ClN3O4/c1-10-13(17)6-3-7-14(10)19-15(21)9-18-16(22)11-4-2-5-12(8-11)20(23)24/h2-8H,9H2,1H3,(H,18,22)(H,19,21). The minimum Gasteiger partial charge on any atom is -0.343 e. The molecule has 0 aromatic heterocycles. The number of nitro groups is 1. The number of amides is 2. The fourth-order valence-electron chi connectivity index (χ4n) is 1.96. The van der Waals surface area contributed by atoms with E-state index in [2.05, 4.69) is 10.6 Å². The Kier molecular flexibility index (Phi) is 5.49. The molecule has 2 N–H and O–H groups in total. The first kappa shape index (κ1) is 17.4. The van der Waals surface area contributed by atoms with Gasteiger partial charge in [-0.2, -0.15) is 0 Å². The Morgan fingerprint density at radius 1 is 1.21 bits per heavy atom. The first-order valence-electron chi connectivity index (χ1n) is 6.96. The molecule has 7 nitrogen and oxygen atoms in total. The number of hydrogen-bond donors (Lipinski definition) is 2. The Labute approximate surface area is 142 Å². The summed E-state index contributed by atoms with van der Waals surface area (Å²) in [7, 11) is 0. The molecule has 0 spiro atoms. The fourth-order valence-corrected chi connectivity index (χ4v) is 2.14. The van der Waals surface area contributed by atoms with Crippen LogP contribution in [0.1, 0.15) is 15.9 Å². The van der Waals surface area contributed by atoms with Gasteiger partial charge in [-0.1, -0.05) is 23.7 Å². The summed E-state index contributed by atoms with van der Waals surface area (Å²) in [4.78, 5) is 34.0. The van der Waals surface area contributed by atoms with Crippen molar-refractivity contribution in [3.63, 3.8) is 0 Å². The number of nitrogens with zero attached hydrogens (tertiary/aromatic N) is 1. The summed E-state index contributed by atoms with van der Waals surface area (Å²) in [6.07, 6.45) is 0. The van der Waals surface area contributed by atoms with Crippen molar-refractivity contribution >= 4 is 34.8 Å². The molecule has 0 aliphatic heterocycles. The summed E-state index contributed by atoms with van der Waals surface area (Å²) in [6, 6.07) is 10.4. The molecule has 0 saturated heterocycles. The number of nitro benzene ring substituents is 1. The van der Waals surface area contributed by atoms with E-state index in [0.717, 1.165) is 11.6 Å².